The van der Waals surface area contributed by atoms with Gasteiger partial charge in [0.25, 0.3) is 0 Å². The number of aldehydes is 1. The smallest absolute Gasteiger partial charge is 0.185 e. The van der Waals surface area contributed by atoms with Gasteiger partial charge in [-0.25, -0.2) is 0 Å². The first kappa shape index (κ1) is 13.0. The van der Waals surface area contributed by atoms with Crippen molar-refractivity contribution < 1.29 is 9.21 Å². The summed E-state index contributed by atoms with van der Waals surface area (Å²) >= 11 is 0. The van der Waals surface area contributed by atoms with Gasteiger partial charge in [0, 0.05) is 24.3 Å². The lowest BCUT2D eigenvalue weighted by Crippen LogP contribution is -2.23. The van der Waals surface area contributed by atoms with E-state index in [1.807, 2.05) is 6.07 Å². The summed E-state index contributed by atoms with van der Waals surface area (Å²) in [5, 5.41) is 0. The number of rotatable bonds is 3. The minimum Gasteiger partial charge on any atom is -0.453 e. The molecule has 0 spiro atoms. The van der Waals surface area contributed by atoms with Crippen LogP contribution in [0.25, 0.3) is 11.3 Å². The predicted octanol–water partition coefficient (Wildman–Crippen LogP) is 4.14. The van der Waals surface area contributed by atoms with Gasteiger partial charge < -0.3 is 9.32 Å². The zero-order valence-corrected chi connectivity index (χ0v) is 11.5. The highest BCUT2D eigenvalue weighted by Crippen LogP contribution is 2.26. The van der Waals surface area contributed by atoms with Crippen LogP contribution in [0.1, 0.15) is 36.2 Å². The number of benzene rings is 1. The highest BCUT2D eigenvalue weighted by molar-refractivity contribution is 5.73. The molecular formula is C17H19NO2. The van der Waals surface area contributed by atoms with Gasteiger partial charge in [0.2, 0.25) is 0 Å². The summed E-state index contributed by atoms with van der Waals surface area (Å²) in [6.07, 6.45) is 5.98. The molecule has 2 aromatic rings. The van der Waals surface area contributed by atoms with Crippen LogP contribution in [-0.2, 0) is 0 Å². The second kappa shape index (κ2) is 5.95. The molecule has 1 aliphatic heterocycles. The van der Waals surface area contributed by atoms with Crippen molar-refractivity contribution in [1.82, 2.24) is 0 Å². The molecule has 1 saturated heterocycles. The molecule has 1 aromatic heterocycles. The summed E-state index contributed by atoms with van der Waals surface area (Å²) in [4.78, 5) is 13.1. The van der Waals surface area contributed by atoms with Gasteiger partial charge in [-0.3, -0.25) is 4.79 Å². The van der Waals surface area contributed by atoms with Crippen molar-refractivity contribution in [3.8, 4) is 11.3 Å². The third-order valence-corrected chi connectivity index (χ3v) is 3.87. The summed E-state index contributed by atoms with van der Waals surface area (Å²) in [5.41, 5.74) is 2.29. The maximum atomic E-state index is 10.6. The number of nitrogens with zero attached hydrogens (tertiary/aromatic N) is 1. The van der Waals surface area contributed by atoms with Crippen LogP contribution >= 0.6 is 0 Å². The Morgan fingerprint density at radius 1 is 0.900 bits per heavy atom. The molecule has 3 nitrogen and oxygen atoms in total. The fourth-order valence-electron chi connectivity index (χ4n) is 2.74. The van der Waals surface area contributed by atoms with Gasteiger partial charge in [-0.1, -0.05) is 12.8 Å². The van der Waals surface area contributed by atoms with E-state index >= 15 is 0 Å². The number of furan rings is 1. The lowest BCUT2D eigenvalue weighted by Gasteiger charge is -2.22. The van der Waals surface area contributed by atoms with Crippen molar-refractivity contribution in [2.45, 2.75) is 25.7 Å². The minimum atomic E-state index is 0.372. The fourth-order valence-corrected chi connectivity index (χ4v) is 2.74. The molecule has 0 radical (unpaired) electrons. The van der Waals surface area contributed by atoms with Crippen LogP contribution in [0, 0.1) is 0 Å². The van der Waals surface area contributed by atoms with Crippen LogP contribution in [0.4, 0.5) is 5.69 Å². The molecule has 0 bridgehead atoms. The van der Waals surface area contributed by atoms with Crippen LogP contribution in [0.2, 0.25) is 0 Å². The summed E-state index contributed by atoms with van der Waals surface area (Å²) in [6.45, 7) is 2.30. The molecule has 0 unspecified atom stereocenters. The van der Waals surface area contributed by atoms with E-state index in [4.69, 9.17) is 4.42 Å². The number of anilines is 1. The number of carbonyl (C=O) groups is 1. The number of hydrogen-bond acceptors (Lipinski definition) is 3. The standard InChI is InChI=1S/C17H19NO2/c19-13-16-9-10-17(20-16)14-5-7-15(8-6-14)18-11-3-1-2-4-12-18/h5-10,13H,1-4,11-12H2. The second-order valence-corrected chi connectivity index (χ2v) is 5.27. The van der Waals surface area contributed by atoms with E-state index in [0.29, 0.717) is 5.76 Å². The van der Waals surface area contributed by atoms with Gasteiger partial charge in [0.05, 0.1) is 0 Å². The average Bonchev–Trinajstić information content (AvgIpc) is 2.82. The van der Waals surface area contributed by atoms with Crippen molar-refractivity contribution in [2.75, 3.05) is 18.0 Å². The van der Waals surface area contributed by atoms with Gasteiger partial charge in [-0.15, -0.1) is 0 Å². The topological polar surface area (TPSA) is 33.5 Å². The fraction of sp³-hybridized carbons (Fsp3) is 0.353. The normalized spacial score (nSPS) is 15.9. The van der Waals surface area contributed by atoms with Crippen molar-refractivity contribution in [3.63, 3.8) is 0 Å². The second-order valence-electron chi connectivity index (χ2n) is 5.27. The molecule has 1 aliphatic rings. The lowest BCUT2D eigenvalue weighted by atomic mass is 10.1. The SMILES string of the molecule is O=Cc1ccc(-c2ccc(N3CCCCCC3)cc2)o1. The first-order valence-corrected chi connectivity index (χ1v) is 7.27. The van der Waals surface area contributed by atoms with Crippen molar-refractivity contribution in [1.29, 1.82) is 0 Å². The quantitative estimate of drug-likeness (QED) is 0.785. The summed E-state index contributed by atoms with van der Waals surface area (Å²) in [6, 6.07) is 11.9. The van der Waals surface area contributed by atoms with Crippen LogP contribution in [0.15, 0.2) is 40.8 Å². The maximum Gasteiger partial charge on any atom is 0.185 e. The van der Waals surface area contributed by atoms with E-state index in [9.17, 15) is 4.79 Å². The molecule has 0 N–H and O–H groups in total. The Morgan fingerprint density at radius 3 is 2.20 bits per heavy atom. The third kappa shape index (κ3) is 2.77. The third-order valence-electron chi connectivity index (χ3n) is 3.87. The molecule has 20 heavy (non-hydrogen) atoms. The molecule has 0 saturated carbocycles. The summed E-state index contributed by atoms with van der Waals surface area (Å²) < 4.78 is 5.44. The molecule has 3 rings (SSSR count). The van der Waals surface area contributed by atoms with Crippen LogP contribution in [-0.4, -0.2) is 19.4 Å². The van der Waals surface area contributed by atoms with E-state index in [1.165, 1.54) is 31.4 Å². The molecular weight excluding hydrogens is 250 g/mol. The van der Waals surface area contributed by atoms with Crippen molar-refractivity contribution in [3.05, 3.63) is 42.2 Å². The molecule has 1 fully saturated rings. The Balaban J connectivity index is 1.78. The predicted molar refractivity (Wildman–Crippen MR) is 80.2 cm³/mol. The summed E-state index contributed by atoms with van der Waals surface area (Å²) in [7, 11) is 0. The Morgan fingerprint density at radius 2 is 1.60 bits per heavy atom. The Labute approximate surface area is 119 Å². The lowest BCUT2D eigenvalue weighted by molar-refractivity contribution is 0.110. The molecule has 0 amide bonds. The van der Waals surface area contributed by atoms with Gasteiger partial charge in [-0.05, 0) is 49.2 Å². The van der Waals surface area contributed by atoms with Crippen molar-refractivity contribution in [2.24, 2.45) is 0 Å². The van der Waals surface area contributed by atoms with Gasteiger partial charge in [-0.2, -0.15) is 0 Å². The molecule has 3 heteroatoms. The van der Waals surface area contributed by atoms with Crippen LogP contribution in [0.3, 0.4) is 0 Å². The van der Waals surface area contributed by atoms with E-state index in [0.717, 1.165) is 30.7 Å². The monoisotopic (exact) mass is 269 g/mol. The van der Waals surface area contributed by atoms with Crippen molar-refractivity contribution >= 4 is 12.0 Å². The van der Waals surface area contributed by atoms with E-state index in [2.05, 4.69) is 29.2 Å². The Kier molecular flexibility index (Phi) is 3.86. The van der Waals surface area contributed by atoms with Crippen LogP contribution in [0.5, 0.6) is 0 Å². The largest absolute Gasteiger partial charge is 0.453 e. The summed E-state index contributed by atoms with van der Waals surface area (Å²) in [5.74, 6) is 1.12. The highest BCUT2D eigenvalue weighted by Gasteiger charge is 2.10. The molecule has 0 aliphatic carbocycles. The number of carbonyl (C=O) groups excluding carboxylic acids is 1. The van der Waals surface area contributed by atoms with Crippen LogP contribution < -0.4 is 4.90 Å². The molecule has 2 heterocycles. The first-order chi connectivity index (χ1) is 9.86. The highest BCUT2D eigenvalue weighted by atomic mass is 16.3. The van der Waals surface area contributed by atoms with E-state index in [-0.39, 0.29) is 0 Å². The molecule has 104 valence electrons. The van der Waals surface area contributed by atoms with E-state index < -0.39 is 0 Å². The van der Waals surface area contributed by atoms with E-state index in [1.54, 1.807) is 6.07 Å². The average molecular weight is 269 g/mol. The Bertz CT molecular complexity index is 563. The molecule has 0 atom stereocenters. The van der Waals surface area contributed by atoms with Gasteiger partial charge in [0.15, 0.2) is 12.0 Å². The van der Waals surface area contributed by atoms with Gasteiger partial charge >= 0.3 is 0 Å². The zero-order chi connectivity index (χ0) is 13.8. The first-order valence-electron chi connectivity index (χ1n) is 7.27. The number of hydrogen-bond donors (Lipinski definition) is 0. The minimum absolute atomic E-state index is 0.372. The molecule has 1 aromatic carbocycles. The zero-order valence-electron chi connectivity index (χ0n) is 11.5. The van der Waals surface area contributed by atoms with Gasteiger partial charge in [0.1, 0.15) is 5.76 Å². The Hall–Kier alpha value is -2.03. The maximum absolute atomic E-state index is 10.6.